The van der Waals surface area contributed by atoms with Crippen LogP contribution in [0.25, 0.3) is 10.8 Å². The lowest BCUT2D eigenvalue weighted by Crippen LogP contribution is -1.80. The monoisotopic (exact) mass is 153 g/mol. The van der Waals surface area contributed by atoms with E-state index in [1.54, 1.807) is 0 Å². The van der Waals surface area contributed by atoms with Crippen molar-refractivity contribution in [1.82, 2.24) is 0 Å². The van der Waals surface area contributed by atoms with Gasteiger partial charge in [-0.25, -0.2) is 0 Å². The molecule has 0 fully saturated rings. The minimum atomic E-state index is 0.883. The van der Waals surface area contributed by atoms with Crippen LogP contribution in [0.15, 0.2) is 40.6 Å². The Kier molecular flexibility index (Phi) is 0.939. The summed E-state index contributed by atoms with van der Waals surface area (Å²) in [6, 6.07) is 13.2. The number of rotatable bonds is 0. The maximum atomic E-state index is 3.95. The van der Waals surface area contributed by atoms with E-state index in [2.05, 4.69) is 28.4 Å². The van der Waals surface area contributed by atoms with Gasteiger partial charge in [-0.1, -0.05) is 24.3 Å². The van der Waals surface area contributed by atoms with Crippen molar-refractivity contribution in [2.24, 2.45) is 10.2 Å². The van der Waals surface area contributed by atoms with E-state index in [0.717, 1.165) is 11.4 Å². The SMILES string of the molecule is [c]1cc2ccccc2c2c1N=N2. The largest absolute Gasteiger partial charge is 0.147 e. The number of fused-ring (bicyclic) bond motifs is 3. The van der Waals surface area contributed by atoms with Crippen molar-refractivity contribution in [2.45, 2.75) is 0 Å². The van der Waals surface area contributed by atoms with Crippen LogP contribution in [0.4, 0.5) is 11.4 Å². The molecule has 2 nitrogen and oxygen atoms in total. The van der Waals surface area contributed by atoms with Crippen LogP contribution in [0.1, 0.15) is 0 Å². The summed E-state index contributed by atoms with van der Waals surface area (Å²) in [6.45, 7) is 0. The maximum absolute atomic E-state index is 3.95. The molecule has 1 heterocycles. The summed E-state index contributed by atoms with van der Waals surface area (Å²) in [5, 5.41) is 10.2. The molecule has 0 aliphatic carbocycles. The van der Waals surface area contributed by atoms with Crippen molar-refractivity contribution in [3.8, 4) is 0 Å². The quantitative estimate of drug-likeness (QED) is 0.473. The molecule has 0 bridgehead atoms. The van der Waals surface area contributed by atoms with E-state index in [4.69, 9.17) is 0 Å². The van der Waals surface area contributed by atoms with Crippen LogP contribution in [-0.4, -0.2) is 0 Å². The molecule has 0 spiro atoms. The summed E-state index contributed by atoms with van der Waals surface area (Å²) in [6.07, 6.45) is 0. The van der Waals surface area contributed by atoms with Gasteiger partial charge in [0.15, 0.2) is 0 Å². The Balaban J connectivity index is 2.53. The molecule has 0 saturated carbocycles. The average Bonchev–Trinajstić information content (AvgIpc) is 2.05. The zero-order valence-corrected chi connectivity index (χ0v) is 6.28. The topological polar surface area (TPSA) is 24.7 Å². The van der Waals surface area contributed by atoms with Crippen molar-refractivity contribution in [3.05, 3.63) is 36.4 Å². The van der Waals surface area contributed by atoms with Crippen LogP contribution in [0.5, 0.6) is 0 Å². The minimum Gasteiger partial charge on any atom is -0.147 e. The highest BCUT2D eigenvalue weighted by Gasteiger charge is 2.12. The molecule has 55 valence electrons. The Morgan fingerprint density at radius 2 is 2.00 bits per heavy atom. The summed E-state index contributed by atoms with van der Waals surface area (Å²) >= 11 is 0. The van der Waals surface area contributed by atoms with Crippen molar-refractivity contribution in [3.63, 3.8) is 0 Å². The van der Waals surface area contributed by atoms with Gasteiger partial charge in [0.25, 0.3) is 0 Å². The third-order valence-electron chi connectivity index (χ3n) is 2.05. The highest BCUT2D eigenvalue weighted by Crippen LogP contribution is 2.42. The zero-order chi connectivity index (χ0) is 7.97. The van der Waals surface area contributed by atoms with E-state index in [1.807, 2.05) is 18.2 Å². The molecule has 1 aliphatic heterocycles. The van der Waals surface area contributed by atoms with E-state index in [9.17, 15) is 0 Å². The van der Waals surface area contributed by atoms with Gasteiger partial charge in [-0.05, 0) is 11.5 Å². The molecule has 2 heteroatoms. The average molecular weight is 153 g/mol. The van der Waals surface area contributed by atoms with E-state index < -0.39 is 0 Å². The van der Waals surface area contributed by atoms with Crippen LogP contribution in [0, 0.1) is 6.07 Å². The summed E-state index contributed by atoms with van der Waals surface area (Å²) < 4.78 is 0. The fraction of sp³-hybridized carbons (Fsp3) is 0. The van der Waals surface area contributed by atoms with Gasteiger partial charge in [-0.15, -0.1) is 10.2 Å². The molecule has 0 atom stereocenters. The Morgan fingerprint density at radius 1 is 1.08 bits per heavy atom. The van der Waals surface area contributed by atoms with Crippen LogP contribution in [-0.2, 0) is 0 Å². The molecule has 1 aliphatic rings. The Hall–Kier alpha value is -1.70. The number of benzene rings is 2. The van der Waals surface area contributed by atoms with E-state index in [1.165, 1.54) is 10.8 Å². The van der Waals surface area contributed by atoms with Crippen LogP contribution in [0.2, 0.25) is 0 Å². The van der Waals surface area contributed by atoms with Crippen LogP contribution < -0.4 is 0 Å². The van der Waals surface area contributed by atoms with Gasteiger partial charge in [0.05, 0.1) is 0 Å². The predicted molar refractivity (Wildman–Crippen MR) is 47.0 cm³/mol. The van der Waals surface area contributed by atoms with Crippen molar-refractivity contribution in [2.75, 3.05) is 0 Å². The number of nitrogens with zero attached hydrogens (tertiary/aromatic N) is 2. The lowest BCUT2D eigenvalue weighted by Gasteiger charge is -2.08. The first-order valence-corrected chi connectivity index (χ1v) is 3.80. The molecule has 0 amide bonds. The molecule has 0 aromatic heterocycles. The standard InChI is InChI=1S/C10H5N2/c1-2-4-8-7(3-1)5-6-9-10(8)12-11-9/h1-5H. The zero-order valence-electron chi connectivity index (χ0n) is 6.28. The van der Waals surface area contributed by atoms with Gasteiger partial charge in [-0.3, -0.25) is 0 Å². The van der Waals surface area contributed by atoms with Gasteiger partial charge in [0.2, 0.25) is 0 Å². The molecule has 0 saturated heterocycles. The van der Waals surface area contributed by atoms with Gasteiger partial charge >= 0.3 is 0 Å². The molecule has 2 aromatic rings. The van der Waals surface area contributed by atoms with Crippen molar-refractivity contribution in [1.29, 1.82) is 0 Å². The molecule has 1 radical (unpaired) electrons. The Labute approximate surface area is 69.6 Å². The third-order valence-corrected chi connectivity index (χ3v) is 2.05. The lowest BCUT2D eigenvalue weighted by atomic mass is 10.1. The fourth-order valence-electron chi connectivity index (χ4n) is 1.41. The van der Waals surface area contributed by atoms with Crippen LogP contribution >= 0.6 is 0 Å². The molecule has 12 heavy (non-hydrogen) atoms. The second-order valence-electron chi connectivity index (χ2n) is 2.77. The molecule has 0 N–H and O–H groups in total. The Bertz CT molecular complexity index is 486. The second kappa shape index (κ2) is 1.91. The number of azo groups is 1. The smallest absolute Gasteiger partial charge is 0.122 e. The van der Waals surface area contributed by atoms with E-state index in [0.29, 0.717) is 0 Å². The van der Waals surface area contributed by atoms with E-state index >= 15 is 0 Å². The maximum Gasteiger partial charge on any atom is 0.122 e. The highest BCUT2D eigenvalue weighted by atomic mass is 15.2. The van der Waals surface area contributed by atoms with Crippen molar-refractivity contribution < 1.29 is 0 Å². The van der Waals surface area contributed by atoms with Crippen LogP contribution in [0.3, 0.4) is 0 Å². The molecular weight excluding hydrogens is 148 g/mol. The first-order chi connectivity index (χ1) is 5.95. The highest BCUT2D eigenvalue weighted by molar-refractivity contribution is 5.98. The number of hydrogen-bond donors (Lipinski definition) is 0. The summed E-state index contributed by atoms with van der Waals surface area (Å²) in [5.41, 5.74) is 1.86. The summed E-state index contributed by atoms with van der Waals surface area (Å²) in [7, 11) is 0. The van der Waals surface area contributed by atoms with Gasteiger partial charge in [0.1, 0.15) is 11.4 Å². The summed E-state index contributed by atoms with van der Waals surface area (Å²) in [4.78, 5) is 0. The second-order valence-corrected chi connectivity index (χ2v) is 2.77. The first kappa shape index (κ1) is 5.89. The van der Waals surface area contributed by atoms with Gasteiger partial charge in [0, 0.05) is 11.5 Å². The molecule has 3 rings (SSSR count). The number of hydrogen-bond acceptors (Lipinski definition) is 2. The molecular formula is C10H5N2. The molecule has 0 unspecified atom stereocenters. The lowest BCUT2D eigenvalue weighted by molar-refractivity contribution is 1.15. The van der Waals surface area contributed by atoms with E-state index in [-0.39, 0.29) is 0 Å². The summed E-state index contributed by atoms with van der Waals surface area (Å²) in [5.74, 6) is 0. The minimum absolute atomic E-state index is 0.883. The predicted octanol–water partition coefficient (Wildman–Crippen LogP) is 3.37. The fourth-order valence-corrected chi connectivity index (χ4v) is 1.41. The van der Waals surface area contributed by atoms with Crippen molar-refractivity contribution >= 4 is 22.1 Å². The third kappa shape index (κ3) is 0.593. The van der Waals surface area contributed by atoms with Gasteiger partial charge < -0.3 is 0 Å². The Morgan fingerprint density at radius 3 is 2.83 bits per heavy atom. The molecule has 2 aromatic carbocycles. The first-order valence-electron chi connectivity index (χ1n) is 3.80. The normalized spacial score (nSPS) is 12.7. The van der Waals surface area contributed by atoms with Gasteiger partial charge in [-0.2, -0.15) is 0 Å².